The van der Waals surface area contributed by atoms with Gasteiger partial charge in [0.15, 0.2) is 5.60 Å². The molecule has 6 rings (SSSR count). The molecule has 0 aliphatic carbocycles. The van der Waals surface area contributed by atoms with Crippen LogP contribution in [-0.4, -0.2) is 48.3 Å². The van der Waals surface area contributed by atoms with E-state index in [4.69, 9.17) is 4.74 Å². The van der Waals surface area contributed by atoms with Crippen molar-refractivity contribution in [3.63, 3.8) is 0 Å². The molecule has 0 saturated heterocycles. The summed E-state index contributed by atoms with van der Waals surface area (Å²) in [5.74, 6) is -0.638. The smallest absolute Gasteiger partial charge is 0.340 e. The van der Waals surface area contributed by atoms with Crippen molar-refractivity contribution in [1.82, 2.24) is 0 Å². The molecular formula is C45H45N3O2. The first-order valence-electron chi connectivity index (χ1n) is 16.9. The maximum atomic E-state index is 15.2. The highest BCUT2D eigenvalue weighted by molar-refractivity contribution is 5.94. The highest BCUT2D eigenvalue weighted by atomic mass is 16.6. The Morgan fingerprint density at radius 3 is 1.20 bits per heavy atom. The molecule has 0 aliphatic rings. The molecule has 0 aromatic heterocycles. The van der Waals surface area contributed by atoms with Gasteiger partial charge in [0.25, 0.3) is 0 Å². The number of esters is 1. The third kappa shape index (κ3) is 6.85. The second-order valence-corrected chi connectivity index (χ2v) is 13.2. The molecule has 252 valence electrons. The van der Waals surface area contributed by atoms with Crippen LogP contribution in [0.1, 0.15) is 49.7 Å². The minimum atomic E-state index is -1.21. The third-order valence-corrected chi connectivity index (χ3v) is 9.36. The molecule has 0 unspecified atom stereocenters. The summed E-state index contributed by atoms with van der Waals surface area (Å²) in [6, 6.07) is 53.4. The Kier molecular flexibility index (Phi) is 10.1. The standard InChI is InChI=1S/C45H45N3O2/c1-46(2)38-26-22-33(23-27-38)43(34-24-28-39(29-25-34)47(3)4)41-31-30-40(48(5)6)32-42(41)44(49)50-45(35-16-10-7-11-17-35,36-18-12-8-13-19-36)37-20-14-9-15-21-37/h7-32,43H,1-6H3. The number of hydrogen-bond donors (Lipinski definition) is 0. The van der Waals surface area contributed by atoms with Crippen LogP contribution < -0.4 is 14.7 Å². The summed E-state index contributed by atoms with van der Waals surface area (Å²) in [6.07, 6.45) is 0. The molecule has 0 saturated carbocycles. The lowest BCUT2D eigenvalue weighted by Crippen LogP contribution is -2.35. The van der Waals surface area contributed by atoms with E-state index in [-0.39, 0.29) is 5.92 Å². The Labute approximate surface area is 297 Å². The van der Waals surface area contributed by atoms with Gasteiger partial charge in [-0.3, -0.25) is 0 Å². The number of rotatable bonds is 11. The molecule has 0 radical (unpaired) electrons. The zero-order valence-electron chi connectivity index (χ0n) is 29.7. The van der Waals surface area contributed by atoms with Gasteiger partial charge in [0.05, 0.1) is 5.56 Å². The van der Waals surface area contributed by atoms with Gasteiger partial charge in [0, 0.05) is 82.0 Å². The Bertz CT molecular complexity index is 1860. The number of ether oxygens (including phenoxy) is 1. The van der Waals surface area contributed by atoms with Crippen molar-refractivity contribution in [3.05, 3.63) is 197 Å². The lowest BCUT2D eigenvalue weighted by atomic mass is 9.79. The molecule has 5 nitrogen and oxygen atoms in total. The van der Waals surface area contributed by atoms with Gasteiger partial charge < -0.3 is 19.4 Å². The van der Waals surface area contributed by atoms with E-state index in [0.717, 1.165) is 50.4 Å². The molecular weight excluding hydrogens is 615 g/mol. The van der Waals surface area contributed by atoms with Crippen molar-refractivity contribution >= 4 is 23.0 Å². The minimum absolute atomic E-state index is 0.235. The van der Waals surface area contributed by atoms with Crippen LogP contribution in [0.4, 0.5) is 17.1 Å². The summed E-state index contributed by atoms with van der Waals surface area (Å²) >= 11 is 0. The Morgan fingerprint density at radius 1 is 0.480 bits per heavy atom. The number of hydrogen-bond acceptors (Lipinski definition) is 5. The third-order valence-electron chi connectivity index (χ3n) is 9.36. The second-order valence-electron chi connectivity index (χ2n) is 13.2. The first kappa shape index (κ1) is 34.1. The SMILES string of the molecule is CN(C)c1ccc(C(c2ccc(N(C)C)cc2)c2ccc(N(C)C)cc2C(=O)OC(c2ccccc2)(c2ccccc2)c2ccccc2)cc1. The summed E-state index contributed by atoms with van der Waals surface area (Å²) in [4.78, 5) is 21.4. The summed E-state index contributed by atoms with van der Waals surface area (Å²) in [7, 11) is 12.1. The van der Waals surface area contributed by atoms with Crippen LogP contribution >= 0.6 is 0 Å². The molecule has 0 heterocycles. The number of benzene rings is 6. The van der Waals surface area contributed by atoms with Gasteiger partial charge >= 0.3 is 5.97 Å². The Hall–Kier alpha value is -5.81. The zero-order valence-corrected chi connectivity index (χ0v) is 29.7. The van der Waals surface area contributed by atoms with Crippen LogP contribution in [0.25, 0.3) is 0 Å². The Balaban J connectivity index is 1.58. The van der Waals surface area contributed by atoms with Crippen LogP contribution in [0.3, 0.4) is 0 Å². The van der Waals surface area contributed by atoms with Gasteiger partial charge in [-0.1, -0.05) is 121 Å². The highest BCUT2D eigenvalue weighted by Gasteiger charge is 2.41. The summed E-state index contributed by atoms with van der Waals surface area (Å²) in [5, 5.41) is 0. The Morgan fingerprint density at radius 2 is 0.840 bits per heavy atom. The minimum Gasteiger partial charge on any atom is -0.441 e. The van der Waals surface area contributed by atoms with Crippen molar-refractivity contribution < 1.29 is 9.53 Å². The van der Waals surface area contributed by atoms with Crippen LogP contribution in [0, 0.1) is 0 Å². The number of carbonyl (C=O) groups excluding carboxylic acids is 1. The van der Waals surface area contributed by atoms with E-state index in [9.17, 15) is 0 Å². The normalized spacial score (nSPS) is 11.3. The van der Waals surface area contributed by atoms with E-state index in [1.165, 1.54) is 0 Å². The fourth-order valence-corrected chi connectivity index (χ4v) is 6.62. The summed E-state index contributed by atoms with van der Waals surface area (Å²) < 4.78 is 7.01. The molecule has 50 heavy (non-hydrogen) atoms. The quantitative estimate of drug-likeness (QED) is 0.102. The van der Waals surface area contributed by atoms with Crippen molar-refractivity contribution in [1.29, 1.82) is 0 Å². The average molecular weight is 660 g/mol. The lowest BCUT2D eigenvalue weighted by molar-refractivity contribution is 0.0140. The second kappa shape index (κ2) is 14.8. The maximum absolute atomic E-state index is 15.2. The topological polar surface area (TPSA) is 36.0 Å². The number of anilines is 3. The molecule has 0 N–H and O–H groups in total. The van der Waals surface area contributed by atoms with Gasteiger partial charge in [-0.15, -0.1) is 0 Å². The van der Waals surface area contributed by atoms with Gasteiger partial charge in [-0.2, -0.15) is 0 Å². The largest absolute Gasteiger partial charge is 0.441 e. The lowest BCUT2D eigenvalue weighted by Gasteiger charge is -2.36. The van der Waals surface area contributed by atoms with Crippen LogP contribution in [0.15, 0.2) is 158 Å². The van der Waals surface area contributed by atoms with Gasteiger partial charge in [0.2, 0.25) is 0 Å². The van der Waals surface area contributed by atoms with Gasteiger partial charge in [0.1, 0.15) is 0 Å². The molecule has 0 spiro atoms. The van der Waals surface area contributed by atoms with Crippen molar-refractivity contribution in [2.75, 3.05) is 57.0 Å². The van der Waals surface area contributed by atoms with Crippen molar-refractivity contribution in [3.8, 4) is 0 Å². The summed E-state index contributed by atoms with van der Waals surface area (Å²) in [6.45, 7) is 0. The predicted octanol–water partition coefficient (Wildman–Crippen LogP) is 9.21. The van der Waals surface area contributed by atoms with Gasteiger partial charge in [-0.05, 0) is 53.1 Å². The molecule has 5 heteroatoms. The van der Waals surface area contributed by atoms with Crippen LogP contribution in [0.5, 0.6) is 0 Å². The van der Waals surface area contributed by atoms with E-state index in [1.807, 2.05) is 144 Å². The molecule has 0 bridgehead atoms. The predicted molar refractivity (Wildman–Crippen MR) is 208 cm³/mol. The van der Waals surface area contributed by atoms with Gasteiger partial charge in [-0.25, -0.2) is 4.79 Å². The molecule has 0 atom stereocenters. The molecule has 6 aromatic carbocycles. The molecule has 0 aliphatic heterocycles. The van der Waals surface area contributed by atoms with E-state index < -0.39 is 11.6 Å². The number of nitrogens with zero attached hydrogens (tertiary/aromatic N) is 3. The molecule has 0 fully saturated rings. The summed E-state index contributed by atoms with van der Waals surface area (Å²) in [5.41, 5.74) is 8.08. The fraction of sp³-hybridized carbons (Fsp3) is 0.178. The molecule has 6 aromatic rings. The van der Waals surface area contributed by atoms with Crippen LogP contribution in [0.2, 0.25) is 0 Å². The van der Waals surface area contributed by atoms with Crippen molar-refractivity contribution in [2.45, 2.75) is 11.5 Å². The molecule has 0 amide bonds. The van der Waals surface area contributed by atoms with E-state index in [0.29, 0.717) is 5.56 Å². The first-order valence-corrected chi connectivity index (χ1v) is 16.9. The average Bonchev–Trinajstić information content (AvgIpc) is 3.15. The van der Waals surface area contributed by atoms with Crippen LogP contribution in [-0.2, 0) is 10.3 Å². The van der Waals surface area contributed by atoms with Crippen molar-refractivity contribution in [2.24, 2.45) is 0 Å². The maximum Gasteiger partial charge on any atom is 0.340 e. The fourth-order valence-electron chi connectivity index (χ4n) is 6.62. The first-order chi connectivity index (χ1) is 24.2. The highest BCUT2D eigenvalue weighted by Crippen LogP contribution is 2.43. The van der Waals surface area contributed by atoms with E-state index in [1.54, 1.807) is 0 Å². The monoisotopic (exact) mass is 659 g/mol. The van der Waals surface area contributed by atoms with E-state index in [2.05, 4.69) is 70.5 Å². The zero-order chi connectivity index (χ0) is 35.3. The number of carbonyl (C=O) groups is 1. The van der Waals surface area contributed by atoms with E-state index >= 15 is 4.79 Å².